The molecule has 4 rings (SSSR count). The maximum absolute atomic E-state index is 14.5. The summed E-state index contributed by atoms with van der Waals surface area (Å²) in [5.41, 5.74) is 0.317. The van der Waals surface area contributed by atoms with Gasteiger partial charge in [0.25, 0.3) is 5.56 Å². The molecular weight excluding hydrogens is 365 g/mol. The zero-order valence-corrected chi connectivity index (χ0v) is 14.9. The first-order valence-corrected chi connectivity index (χ1v) is 9.68. The highest BCUT2D eigenvalue weighted by atomic mass is 35.5. The molecular formula is C17H17ClFN3O2S. The van der Waals surface area contributed by atoms with E-state index in [1.165, 1.54) is 23.9 Å². The molecule has 1 saturated carbocycles. The Morgan fingerprint density at radius 3 is 2.68 bits per heavy atom. The molecule has 0 unspecified atom stereocenters. The Morgan fingerprint density at radius 1 is 1.20 bits per heavy atom. The molecule has 1 fully saturated rings. The maximum atomic E-state index is 14.5. The Kier molecular flexibility index (Phi) is 4.37. The summed E-state index contributed by atoms with van der Waals surface area (Å²) < 4.78 is 16.2. The van der Waals surface area contributed by atoms with E-state index >= 15 is 0 Å². The van der Waals surface area contributed by atoms with E-state index in [9.17, 15) is 14.0 Å². The van der Waals surface area contributed by atoms with Crippen LogP contribution in [0.25, 0.3) is 0 Å². The third kappa shape index (κ3) is 2.89. The first-order chi connectivity index (χ1) is 12.1. The number of halogens is 2. The molecule has 132 valence electrons. The number of carbonyl (C=O) groups is 1. The fraction of sp³-hybridized carbons (Fsp3) is 0.412. The molecule has 2 N–H and O–H groups in total. The van der Waals surface area contributed by atoms with Crippen LogP contribution in [0, 0.1) is 5.82 Å². The lowest BCUT2D eigenvalue weighted by molar-refractivity contribution is -0.113. The van der Waals surface area contributed by atoms with Crippen molar-refractivity contribution in [3.63, 3.8) is 0 Å². The van der Waals surface area contributed by atoms with Gasteiger partial charge in [-0.15, -0.1) is 11.8 Å². The number of hydrogen-bond donors (Lipinski definition) is 2. The average molecular weight is 382 g/mol. The highest BCUT2D eigenvalue weighted by molar-refractivity contribution is 8.00. The third-order valence-corrected chi connectivity index (χ3v) is 6.38. The minimum absolute atomic E-state index is 0.133. The first-order valence-electron chi connectivity index (χ1n) is 8.26. The van der Waals surface area contributed by atoms with Crippen molar-refractivity contribution >= 4 is 35.1 Å². The number of carbonyl (C=O) groups excluding carboxylic acids is 1. The summed E-state index contributed by atoms with van der Waals surface area (Å²) in [6.45, 7) is 0. The van der Waals surface area contributed by atoms with Crippen molar-refractivity contribution < 1.29 is 9.18 Å². The van der Waals surface area contributed by atoms with E-state index in [0.717, 1.165) is 25.7 Å². The smallest absolute Gasteiger partial charge is 0.270 e. The van der Waals surface area contributed by atoms with E-state index in [1.807, 2.05) is 0 Å². The second-order valence-corrected chi connectivity index (χ2v) is 7.89. The van der Waals surface area contributed by atoms with Crippen LogP contribution in [0.15, 0.2) is 23.0 Å². The molecule has 1 aromatic heterocycles. The molecule has 0 spiro atoms. The lowest BCUT2D eigenvalue weighted by Gasteiger charge is -2.17. The fourth-order valence-corrected chi connectivity index (χ4v) is 5.19. The van der Waals surface area contributed by atoms with E-state index < -0.39 is 11.1 Å². The molecule has 0 bridgehead atoms. The quantitative estimate of drug-likeness (QED) is 0.830. The van der Waals surface area contributed by atoms with Crippen LogP contribution in [-0.4, -0.2) is 21.4 Å². The number of thioether (sulfide) groups is 1. The van der Waals surface area contributed by atoms with Gasteiger partial charge in [0.1, 0.15) is 11.6 Å². The maximum Gasteiger partial charge on any atom is 0.270 e. The molecule has 1 aliphatic heterocycles. The van der Waals surface area contributed by atoms with Crippen molar-refractivity contribution in [3.05, 3.63) is 50.5 Å². The van der Waals surface area contributed by atoms with Crippen LogP contribution >= 0.6 is 23.4 Å². The molecule has 1 amide bonds. The van der Waals surface area contributed by atoms with Gasteiger partial charge >= 0.3 is 0 Å². The van der Waals surface area contributed by atoms with Crippen LogP contribution < -0.4 is 10.9 Å². The van der Waals surface area contributed by atoms with E-state index in [4.69, 9.17) is 11.6 Å². The Morgan fingerprint density at radius 2 is 1.96 bits per heavy atom. The minimum atomic E-state index is -0.631. The largest absolute Gasteiger partial charge is 0.310 e. The zero-order chi connectivity index (χ0) is 17.6. The van der Waals surface area contributed by atoms with Gasteiger partial charge in [-0.25, -0.2) is 4.39 Å². The summed E-state index contributed by atoms with van der Waals surface area (Å²) in [6.07, 6.45) is 4.08. The average Bonchev–Trinajstić information content (AvgIpc) is 3.15. The van der Waals surface area contributed by atoms with Crippen LogP contribution in [0.1, 0.15) is 48.1 Å². The van der Waals surface area contributed by atoms with Crippen molar-refractivity contribution in [2.75, 3.05) is 11.1 Å². The normalized spacial score (nSPS) is 21.0. The molecule has 2 heterocycles. The Balaban J connectivity index is 1.90. The molecule has 0 radical (unpaired) electrons. The number of fused-ring (bicyclic) bond motifs is 1. The summed E-state index contributed by atoms with van der Waals surface area (Å²) in [6, 6.07) is 4.60. The van der Waals surface area contributed by atoms with Gasteiger partial charge < -0.3 is 5.32 Å². The number of anilines is 1. The van der Waals surface area contributed by atoms with E-state index in [-0.39, 0.29) is 33.8 Å². The number of benzene rings is 1. The van der Waals surface area contributed by atoms with Gasteiger partial charge in [0.2, 0.25) is 5.91 Å². The van der Waals surface area contributed by atoms with Gasteiger partial charge in [0.15, 0.2) is 0 Å². The minimum Gasteiger partial charge on any atom is -0.310 e. The van der Waals surface area contributed by atoms with Gasteiger partial charge in [-0.05, 0) is 25.0 Å². The number of rotatable bonds is 2. The predicted octanol–water partition coefficient (Wildman–Crippen LogP) is 3.86. The van der Waals surface area contributed by atoms with Gasteiger partial charge in [0.05, 0.1) is 22.6 Å². The number of aromatic amines is 1. The van der Waals surface area contributed by atoms with E-state index in [1.54, 1.807) is 10.7 Å². The van der Waals surface area contributed by atoms with Crippen molar-refractivity contribution in [1.29, 1.82) is 0 Å². The summed E-state index contributed by atoms with van der Waals surface area (Å²) in [4.78, 5) is 24.9. The highest BCUT2D eigenvalue weighted by Crippen LogP contribution is 2.44. The number of nitrogens with one attached hydrogen (secondary N) is 2. The van der Waals surface area contributed by atoms with Gasteiger partial charge in [-0.1, -0.05) is 30.5 Å². The van der Waals surface area contributed by atoms with Crippen molar-refractivity contribution in [1.82, 2.24) is 9.78 Å². The molecule has 8 heteroatoms. The molecule has 0 saturated heterocycles. The lowest BCUT2D eigenvalue weighted by Crippen LogP contribution is -2.18. The van der Waals surface area contributed by atoms with E-state index in [2.05, 4.69) is 10.4 Å². The topological polar surface area (TPSA) is 66.9 Å². The van der Waals surface area contributed by atoms with Gasteiger partial charge in [-0.3, -0.25) is 19.4 Å². The molecule has 1 aromatic carbocycles. The summed E-state index contributed by atoms with van der Waals surface area (Å²) in [7, 11) is 0. The number of hydrogen-bond acceptors (Lipinski definition) is 3. The van der Waals surface area contributed by atoms with Gasteiger partial charge in [0, 0.05) is 10.6 Å². The van der Waals surface area contributed by atoms with E-state index in [0.29, 0.717) is 11.4 Å². The molecule has 2 aromatic rings. The molecule has 2 aliphatic rings. The predicted molar refractivity (Wildman–Crippen MR) is 96.9 cm³/mol. The lowest BCUT2D eigenvalue weighted by atomic mass is 10.1. The van der Waals surface area contributed by atoms with Crippen LogP contribution in [0.3, 0.4) is 0 Å². The SMILES string of the molecule is O=C1CS[C@H](c2c(F)cccc2Cl)c2c(n(C3CCCC3)[nH]c2=O)N1. The molecule has 1 atom stereocenters. The van der Waals surface area contributed by atoms with Crippen LogP contribution in [-0.2, 0) is 4.79 Å². The number of H-pyrrole nitrogens is 1. The Hall–Kier alpha value is -1.73. The summed E-state index contributed by atoms with van der Waals surface area (Å²) in [5.74, 6) is -0.0878. The first kappa shape index (κ1) is 16.7. The standard InChI is InChI=1S/C17H17ClFN3O2S/c18-10-6-3-7-11(19)13(10)15-14-16(20-12(23)8-25-15)22(21-17(14)24)9-4-1-2-5-9/h3,6-7,9,15H,1-2,4-5,8H2,(H,20,23)(H,21,24)/t15-/m1/s1. The molecule has 1 aliphatic carbocycles. The summed E-state index contributed by atoms with van der Waals surface area (Å²) in [5, 5.41) is 5.31. The fourth-order valence-electron chi connectivity index (χ4n) is 3.67. The van der Waals surface area contributed by atoms with Crippen LogP contribution in [0.4, 0.5) is 10.2 Å². The van der Waals surface area contributed by atoms with Crippen LogP contribution in [0.5, 0.6) is 0 Å². The highest BCUT2D eigenvalue weighted by Gasteiger charge is 2.34. The van der Waals surface area contributed by atoms with Crippen molar-refractivity contribution in [2.24, 2.45) is 0 Å². The number of amides is 1. The Labute approximate surface area is 152 Å². The Bertz CT molecular complexity index is 868. The van der Waals surface area contributed by atoms with Crippen molar-refractivity contribution in [3.8, 4) is 0 Å². The van der Waals surface area contributed by atoms with Gasteiger partial charge in [-0.2, -0.15) is 0 Å². The second-order valence-electron chi connectivity index (χ2n) is 6.39. The number of nitrogens with zero attached hydrogens (tertiary/aromatic N) is 1. The second kappa shape index (κ2) is 6.53. The monoisotopic (exact) mass is 381 g/mol. The summed E-state index contributed by atoms with van der Waals surface area (Å²) >= 11 is 7.44. The zero-order valence-electron chi connectivity index (χ0n) is 13.4. The van der Waals surface area contributed by atoms with Crippen molar-refractivity contribution in [2.45, 2.75) is 37.0 Å². The van der Waals surface area contributed by atoms with Crippen LogP contribution in [0.2, 0.25) is 5.02 Å². The molecule has 25 heavy (non-hydrogen) atoms. The molecule has 5 nitrogen and oxygen atoms in total. The third-order valence-electron chi connectivity index (χ3n) is 4.82. The number of aromatic nitrogens is 2.